The minimum Gasteiger partial charge on any atom is -0.369 e. The molecule has 0 radical (unpaired) electrons. The highest BCUT2D eigenvalue weighted by atomic mass is 35.5. The highest BCUT2D eigenvalue weighted by molar-refractivity contribution is 7.99. The van der Waals surface area contributed by atoms with Crippen molar-refractivity contribution < 1.29 is 9.59 Å². The van der Waals surface area contributed by atoms with Crippen LogP contribution in [-0.4, -0.2) is 45.1 Å². The van der Waals surface area contributed by atoms with Gasteiger partial charge in [-0.1, -0.05) is 47.1 Å². The van der Waals surface area contributed by atoms with Crippen molar-refractivity contribution in [1.29, 1.82) is 0 Å². The van der Waals surface area contributed by atoms with Crippen LogP contribution >= 0.6 is 35.0 Å². The van der Waals surface area contributed by atoms with E-state index < -0.39 is 0 Å². The van der Waals surface area contributed by atoms with Crippen molar-refractivity contribution in [3.63, 3.8) is 0 Å². The second kappa shape index (κ2) is 10.8. The van der Waals surface area contributed by atoms with E-state index >= 15 is 0 Å². The topological polar surface area (TPSA) is 98.3 Å². The lowest BCUT2D eigenvalue weighted by atomic mass is 9.96. The molecule has 0 bridgehead atoms. The summed E-state index contributed by atoms with van der Waals surface area (Å²) in [5.41, 5.74) is 6.36. The summed E-state index contributed by atoms with van der Waals surface area (Å²) in [4.78, 5) is 43.7. The van der Waals surface area contributed by atoms with Crippen molar-refractivity contribution in [2.75, 3.05) is 18.8 Å². The number of nitrogens with two attached hydrogens (primary N) is 1. The molecule has 0 spiro atoms. The number of likely N-dealkylation sites (tertiary alicyclic amines) is 1. The number of fused-ring (bicyclic) bond motifs is 1. The molecule has 0 unspecified atom stereocenters. The summed E-state index contributed by atoms with van der Waals surface area (Å²) >= 11 is 13.7. The number of amides is 2. The van der Waals surface area contributed by atoms with Gasteiger partial charge >= 0.3 is 0 Å². The fourth-order valence-corrected chi connectivity index (χ4v) is 5.26. The third-order valence-electron chi connectivity index (χ3n) is 5.92. The van der Waals surface area contributed by atoms with Crippen molar-refractivity contribution in [2.45, 2.75) is 30.8 Å². The van der Waals surface area contributed by atoms with E-state index in [1.165, 1.54) is 16.3 Å². The third-order valence-corrected chi connectivity index (χ3v) is 7.69. The Morgan fingerprint density at radius 1 is 1.09 bits per heavy atom. The second-order valence-corrected chi connectivity index (χ2v) is 10.0. The zero-order valence-corrected chi connectivity index (χ0v) is 20.7. The molecular weight excluding hydrogens is 495 g/mol. The Kier molecular flexibility index (Phi) is 7.80. The van der Waals surface area contributed by atoms with Crippen LogP contribution in [0, 0.1) is 5.92 Å². The Labute approximate surface area is 211 Å². The quantitative estimate of drug-likeness (QED) is 0.285. The number of halogens is 2. The van der Waals surface area contributed by atoms with Gasteiger partial charge in [0.05, 0.1) is 26.6 Å². The van der Waals surface area contributed by atoms with Crippen LogP contribution in [0.15, 0.2) is 52.4 Å². The molecule has 10 heteroatoms. The van der Waals surface area contributed by atoms with Crippen molar-refractivity contribution in [2.24, 2.45) is 11.7 Å². The fraction of sp³-hybridized carbons (Fsp3) is 0.333. The van der Waals surface area contributed by atoms with E-state index in [0.29, 0.717) is 76.3 Å². The van der Waals surface area contributed by atoms with Crippen LogP contribution in [0.1, 0.15) is 25.7 Å². The average Bonchev–Trinajstić information content (AvgIpc) is 2.84. The maximum atomic E-state index is 13.3. The monoisotopic (exact) mass is 518 g/mol. The van der Waals surface area contributed by atoms with Crippen LogP contribution in [0.3, 0.4) is 0 Å². The van der Waals surface area contributed by atoms with Crippen LogP contribution in [0.2, 0.25) is 10.0 Å². The number of para-hydroxylation sites is 1. The standard InChI is InChI=1S/C24H24Cl2N4O3S/c25-18-8-7-16(14-19(18)26)30-23(33)17-4-1-2-5-20(17)28-24(30)34-13-3-6-21(31)29-11-9-15(10-12-29)22(27)32/h1-2,4-5,7-8,14-15H,3,6,9-13H2,(H2,27,32). The summed E-state index contributed by atoms with van der Waals surface area (Å²) in [6.07, 6.45) is 2.25. The summed E-state index contributed by atoms with van der Waals surface area (Å²) in [7, 11) is 0. The molecule has 1 aliphatic rings. The predicted molar refractivity (Wildman–Crippen MR) is 136 cm³/mol. The summed E-state index contributed by atoms with van der Waals surface area (Å²) < 4.78 is 1.53. The molecule has 3 aromatic rings. The van der Waals surface area contributed by atoms with E-state index in [2.05, 4.69) is 0 Å². The highest BCUT2D eigenvalue weighted by Crippen LogP contribution is 2.27. The lowest BCUT2D eigenvalue weighted by molar-refractivity contribution is -0.134. The van der Waals surface area contributed by atoms with Crippen molar-refractivity contribution >= 4 is 57.7 Å². The molecule has 2 heterocycles. The number of primary amides is 1. The number of thioether (sulfide) groups is 1. The van der Waals surface area contributed by atoms with E-state index in [-0.39, 0.29) is 23.3 Å². The summed E-state index contributed by atoms with van der Waals surface area (Å²) in [6.45, 7) is 1.12. The van der Waals surface area contributed by atoms with Crippen LogP contribution in [0.25, 0.3) is 16.6 Å². The Bertz CT molecular complexity index is 1290. The molecule has 7 nitrogen and oxygen atoms in total. The molecule has 1 aliphatic heterocycles. The first-order valence-corrected chi connectivity index (χ1v) is 12.8. The Morgan fingerprint density at radius 2 is 1.82 bits per heavy atom. The molecule has 4 rings (SSSR count). The molecule has 34 heavy (non-hydrogen) atoms. The molecule has 0 atom stereocenters. The largest absolute Gasteiger partial charge is 0.369 e. The molecule has 1 fully saturated rings. The Balaban J connectivity index is 1.47. The van der Waals surface area contributed by atoms with Crippen LogP contribution in [0.5, 0.6) is 0 Å². The normalized spacial score (nSPS) is 14.5. The first-order valence-electron chi connectivity index (χ1n) is 11.0. The average molecular weight is 519 g/mol. The van der Waals surface area contributed by atoms with Gasteiger partial charge in [-0.05, 0) is 49.6 Å². The molecule has 2 aromatic carbocycles. The number of rotatable bonds is 7. The third kappa shape index (κ3) is 5.40. The lowest BCUT2D eigenvalue weighted by Gasteiger charge is -2.30. The smallest absolute Gasteiger partial charge is 0.266 e. The van der Waals surface area contributed by atoms with Gasteiger partial charge in [0.15, 0.2) is 5.16 Å². The first-order chi connectivity index (χ1) is 16.3. The lowest BCUT2D eigenvalue weighted by Crippen LogP contribution is -2.41. The maximum absolute atomic E-state index is 13.3. The van der Waals surface area contributed by atoms with Gasteiger partial charge in [-0.2, -0.15) is 0 Å². The zero-order valence-electron chi connectivity index (χ0n) is 18.4. The fourth-order valence-electron chi connectivity index (χ4n) is 4.02. The zero-order chi connectivity index (χ0) is 24.2. The summed E-state index contributed by atoms with van der Waals surface area (Å²) in [5, 5.41) is 1.78. The predicted octanol–water partition coefficient (Wildman–Crippen LogP) is 4.29. The molecule has 178 valence electrons. The van der Waals surface area contributed by atoms with Gasteiger partial charge in [-0.3, -0.25) is 19.0 Å². The van der Waals surface area contributed by atoms with Gasteiger partial charge in [0.25, 0.3) is 5.56 Å². The maximum Gasteiger partial charge on any atom is 0.266 e. The van der Waals surface area contributed by atoms with Crippen LogP contribution in [0.4, 0.5) is 0 Å². The molecule has 2 amide bonds. The molecule has 1 aromatic heterocycles. The highest BCUT2D eigenvalue weighted by Gasteiger charge is 2.25. The molecule has 2 N–H and O–H groups in total. The number of carbonyl (C=O) groups is 2. The second-order valence-electron chi connectivity index (χ2n) is 8.16. The molecule has 0 aliphatic carbocycles. The number of carbonyl (C=O) groups excluding carboxylic acids is 2. The molecule has 0 saturated carbocycles. The van der Waals surface area contributed by atoms with E-state index in [1.807, 2.05) is 6.07 Å². The van der Waals surface area contributed by atoms with Crippen LogP contribution in [-0.2, 0) is 9.59 Å². The minimum atomic E-state index is -0.292. The SMILES string of the molecule is NC(=O)C1CCN(C(=O)CCCSc2nc3ccccc3c(=O)n2-c2ccc(Cl)c(Cl)c2)CC1. The van der Waals surface area contributed by atoms with E-state index in [4.69, 9.17) is 33.9 Å². The van der Waals surface area contributed by atoms with Crippen molar-refractivity contribution in [3.8, 4) is 5.69 Å². The van der Waals surface area contributed by atoms with Gasteiger partial charge < -0.3 is 10.6 Å². The number of hydrogen-bond donors (Lipinski definition) is 1. The van der Waals surface area contributed by atoms with Gasteiger partial charge in [-0.15, -0.1) is 0 Å². The number of hydrogen-bond acceptors (Lipinski definition) is 5. The number of aromatic nitrogens is 2. The Morgan fingerprint density at radius 3 is 2.53 bits per heavy atom. The van der Waals surface area contributed by atoms with Crippen LogP contribution < -0.4 is 11.3 Å². The molecule has 1 saturated heterocycles. The van der Waals surface area contributed by atoms with Crippen molar-refractivity contribution in [1.82, 2.24) is 14.5 Å². The summed E-state index contributed by atoms with van der Waals surface area (Å²) in [6, 6.07) is 12.2. The van der Waals surface area contributed by atoms with E-state index in [1.54, 1.807) is 41.3 Å². The molecular formula is C24H24Cl2N4O3S. The van der Waals surface area contributed by atoms with Gasteiger partial charge in [-0.25, -0.2) is 4.98 Å². The van der Waals surface area contributed by atoms with Gasteiger partial charge in [0.2, 0.25) is 11.8 Å². The van der Waals surface area contributed by atoms with E-state index in [9.17, 15) is 14.4 Å². The number of nitrogens with zero attached hydrogens (tertiary/aromatic N) is 3. The first kappa shape index (κ1) is 24.6. The van der Waals surface area contributed by atoms with Crippen molar-refractivity contribution in [3.05, 3.63) is 62.9 Å². The van der Waals surface area contributed by atoms with Gasteiger partial charge in [0.1, 0.15) is 0 Å². The summed E-state index contributed by atoms with van der Waals surface area (Å²) in [5.74, 6) is 0.239. The minimum absolute atomic E-state index is 0.0665. The number of piperidine rings is 1. The number of benzene rings is 2. The van der Waals surface area contributed by atoms with Gasteiger partial charge in [0, 0.05) is 31.2 Å². The Hall–Kier alpha value is -2.55. The van der Waals surface area contributed by atoms with E-state index in [0.717, 1.165) is 0 Å².